The second-order valence-corrected chi connectivity index (χ2v) is 3.91. The van der Waals surface area contributed by atoms with E-state index in [0.29, 0.717) is 11.3 Å². The van der Waals surface area contributed by atoms with Crippen molar-refractivity contribution in [2.24, 2.45) is 0 Å². The van der Waals surface area contributed by atoms with Gasteiger partial charge in [-0.25, -0.2) is 9.59 Å². The van der Waals surface area contributed by atoms with E-state index in [4.69, 9.17) is 4.74 Å². The van der Waals surface area contributed by atoms with E-state index in [0.717, 1.165) is 5.56 Å². The average Bonchev–Trinajstić information content (AvgIpc) is 2.71. The number of benzene rings is 1. The van der Waals surface area contributed by atoms with Crippen molar-refractivity contribution in [2.45, 2.75) is 6.04 Å². The number of carbonyl (C=O) groups is 2. The zero-order valence-electron chi connectivity index (χ0n) is 8.90. The molecule has 17 heavy (non-hydrogen) atoms. The Labute approximate surface area is 97.5 Å². The molecule has 2 heterocycles. The lowest BCUT2D eigenvalue weighted by Crippen LogP contribution is -2.44. The van der Waals surface area contributed by atoms with Crippen molar-refractivity contribution in [1.82, 2.24) is 10.6 Å². The van der Waals surface area contributed by atoms with E-state index in [9.17, 15) is 9.59 Å². The second kappa shape index (κ2) is 3.62. The predicted molar refractivity (Wildman–Crippen MR) is 58.8 cm³/mol. The van der Waals surface area contributed by atoms with Crippen molar-refractivity contribution in [1.29, 1.82) is 0 Å². The fraction of sp³-hybridized carbons (Fsp3) is 0.167. The molecule has 5 nitrogen and oxygen atoms in total. The second-order valence-electron chi connectivity index (χ2n) is 3.91. The summed E-state index contributed by atoms with van der Waals surface area (Å²) in [5, 5.41) is 5.32. The Morgan fingerprint density at radius 1 is 1.18 bits per heavy atom. The summed E-state index contributed by atoms with van der Waals surface area (Å²) in [4.78, 5) is 23.1. The summed E-state index contributed by atoms with van der Waals surface area (Å²) in [6.07, 6.45) is 0. The number of hydrogen-bond donors (Lipinski definition) is 2. The average molecular weight is 230 g/mol. The van der Waals surface area contributed by atoms with E-state index in [1.54, 1.807) is 0 Å². The maximum absolute atomic E-state index is 11.6. The molecule has 0 spiro atoms. The number of hydrogen-bond acceptors (Lipinski definition) is 3. The van der Waals surface area contributed by atoms with Gasteiger partial charge in [-0.2, -0.15) is 0 Å². The Kier molecular flexibility index (Phi) is 2.11. The van der Waals surface area contributed by atoms with Crippen LogP contribution in [-0.2, 0) is 9.53 Å². The van der Waals surface area contributed by atoms with Crippen LogP contribution in [0.5, 0.6) is 0 Å². The smallest absolute Gasteiger partial charge is 0.338 e. The summed E-state index contributed by atoms with van der Waals surface area (Å²) >= 11 is 0. The Bertz CT molecular complexity index is 522. The van der Waals surface area contributed by atoms with Gasteiger partial charge >= 0.3 is 12.0 Å². The number of esters is 1. The van der Waals surface area contributed by atoms with Crippen LogP contribution in [0, 0.1) is 0 Å². The minimum Gasteiger partial charge on any atom is -0.456 e. The third-order valence-corrected chi connectivity index (χ3v) is 2.85. The van der Waals surface area contributed by atoms with Crippen LogP contribution in [0.4, 0.5) is 4.79 Å². The molecule has 1 atom stereocenters. The SMILES string of the molecule is O=C1NC2=C(C(=O)OC2)[C@@H](c2ccccc2)N1. The van der Waals surface area contributed by atoms with Gasteiger partial charge in [0.1, 0.15) is 6.61 Å². The number of carbonyl (C=O) groups excluding carboxylic acids is 2. The van der Waals surface area contributed by atoms with Crippen LogP contribution < -0.4 is 10.6 Å². The van der Waals surface area contributed by atoms with Gasteiger partial charge in [0.25, 0.3) is 0 Å². The van der Waals surface area contributed by atoms with Crippen LogP contribution in [0.2, 0.25) is 0 Å². The highest BCUT2D eigenvalue weighted by molar-refractivity contribution is 5.97. The van der Waals surface area contributed by atoms with E-state index in [1.165, 1.54) is 0 Å². The molecule has 0 aliphatic carbocycles. The number of ether oxygens (including phenoxy) is 1. The van der Waals surface area contributed by atoms with Crippen LogP contribution in [0.3, 0.4) is 0 Å². The first kappa shape index (κ1) is 9.89. The fourth-order valence-electron chi connectivity index (χ4n) is 2.08. The van der Waals surface area contributed by atoms with Gasteiger partial charge in [-0.05, 0) is 5.56 Å². The Morgan fingerprint density at radius 2 is 1.94 bits per heavy atom. The lowest BCUT2D eigenvalue weighted by atomic mass is 9.96. The molecule has 1 aromatic carbocycles. The molecule has 3 rings (SSSR count). The van der Waals surface area contributed by atoms with Crippen molar-refractivity contribution in [3.63, 3.8) is 0 Å². The van der Waals surface area contributed by atoms with E-state index in [2.05, 4.69) is 10.6 Å². The molecule has 86 valence electrons. The zero-order chi connectivity index (χ0) is 11.8. The summed E-state index contributed by atoms with van der Waals surface area (Å²) in [5.41, 5.74) is 1.93. The van der Waals surface area contributed by atoms with Gasteiger partial charge in [-0.3, -0.25) is 0 Å². The molecule has 2 aliphatic rings. The van der Waals surface area contributed by atoms with E-state index >= 15 is 0 Å². The molecule has 0 radical (unpaired) electrons. The normalized spacial score (nSPS) is 22.7. The number of cyclic esters (lactones) is 1. The van der Waals surface area contributed by atoms with Crippen molar-refractivity contribution in [3.05, 3.63) is 47.2 Å². The minimum absolute atomic E-state index is 0.144. The first-order valence-corrected chi connectivity index (χ1v) is 5.28. The van der Waals surface area contributed by atoms with E-state index in [1.807, 2.05) is 30.3 Å². The van der Waals surface area contributed by atoms with Crippen molar-refractivity contribution >= 4 is 12.0 Å². The fourth-order valence-corrected chi connectivity index (χ4v) is 2.08. The van der Waals surface area contributed by atoms with Gasteiger partial charge in [-0.1, -0.05) is 30.3 Å². The van der Waals surface area contributed by atoms with Gasteiger partial charge in [0.15, 0.2) is 0 Å². The Balaban J connectivity index is 2.06. The van der Waals surface area contributed by atoms with Crippen LogP contribution in [0.25, 0.3) is 0 Å². The third kappa shape index (κ3) is 1.56. The summed E-state index contributed by atoms with van der Waals surface area (Å²) in [7, 11) is 0. The molecule has 2 N–H and O–H groups in total. The van der Waals surface area contributed by atoms with Gasteiger partial charge in [0.2, 0.25) is 0 Å². The van der Waals surface area contributed by atoms with E-state index < -0.39 is 6.04 Å². The van der Waals surface area contributed by atoms with Crippen LogP contribution in [0.1, 0.15) is 11.6 Å². The van der Waals surface area contributed by atoms with Gasteiger partial charge in [0.05, 0.1) is 17.3 Å². The molecule has 0 saturated heterocycles. The highest BCUT2D eigenvalue weighted by Gasteiger charge is 2.37. The van der Waals surface area contributed by atoms with Crippen LogP contribution in [-0.4, -0.2) is 18.6 Å². The van der Waals surface area contributed by atoms with Gasteiger partial charge in [0, 0.05) is 0 Å². The molecule has 0 unspecified atom stereocenters. The van der Waals surface area contributed by atoms with Crippen LogP contribution in [0.15, 0.2) is 41.6 Å². The summed E-state index contributed by atoms with van der Waals surface area (Å²) < 4.78 is 4.93. The summed E-state index contributed by atoms with van der Waals surface area (Å²) in [5.74, 6) is -0.374. The molecular weight excluding hydrogens is 220 g/mol. The first-order chi connectivity index (χ1) is 8.25. The molecule has 0 aromatic heterocycles. The molecule has 5 heteroatoms. The maximum atomic E-state index is 11.6. The first-order valence-electron chi connectivity index (χ1n) is 5.28. The maximum Gasteiger partial charge on any atom is 0.338 e. The van der Waals surface area contributed by atoms with Crippen molar-refractivity contribution in [2.75, 3.05) is 6.61 Å². The summed E-state index contributed by atoms with van der Waals surface area (Å²) in [6, 6.07) is 8.62. The lowest BCUT2D eigenvalue weighted by molar-refractivity contribution is -0.136. The van der Waals surface area contributed by atoms with Crippen molar-refractivity contribution in [3.8, 4) is 0 Å². The molecule has 2 amide bonds. The number of urea groups is 1. The third-order valence-electron chi connectivity index (χ3n) is 2.85. The topological polar surface area (TPSA) is 67.4 Å². The quantitative estimate of drug-likeness (QED) is 0.703. The molecular formula is C12H10N2O3. The highest BCUT2D eigenvalue weighted by Crippen LogP contribution is 2.30. The lowest BCUT2D eigenvalue weighted by Gasteiger charge is -2.24. The monoisotopic (exact) mass is 230 g/mol. The van der Waals surface area contributed by atoms with Crippen molar-refractivity contribution < 1.29 is 14.3 Å². The number of amides is 2. The predicted octanol–water partition coefficient (Wildman–Crippen LogP) is 0.851. The minimum atomic E-state index is -0.421. The van der Waals surface area contributed by atoms with Gasteiger partial charge in [-0.15, -0.1) is 0 Å². The number of nitrogens with one attached hydrogen (secondary N) is 2. The number of rotatable bonds is 1. The largest absolute Gasteiger partial charge is 0.456 e. The Morgan fingerprint density at radius 3 is 2.71 bits per heavy atom. The Hall–Kier alpha value is -2.30. The highest BCUT2D eigenvalue weighted by atomic mass is 16.5. The molecule has 0 saturated carbocycles. The van der Waals surface area contributed by atoms with Gasteiger partial charge < -0.3 is 15.4 Å². The molecule has 1 aromatic rings. The van der Waals surface area contributed by atoms with E-state index in [-0.39, 0.29) is 18.6 Å². The van der Waals surface area contributed by atoms with Crippen LogP contribution >= 0.6 is 0 Å². The standard InChI is InChI=1S/C12H10N2O3/c15-11-9-8(6-17-11)13-12(16)14-10(9)7-4-2-1-3-5-7/h1-5,10H,6H2,(H2,13,14,16)/t10-/m1/s1. The molecule has 0 bridgehead atoms. The molecule has 0 fully saturated rings. The molecule has 2 aliphatic heterocycles. The zero-order valence-corrected chi connectivity index (χ0v) is 8.90. The summed E-state index contributed by atoms with van der Waals surface area (Å²) in [6.45, 7) is 0.144.